The van der Waals surface area contributed by atoms with Gasteiger partial charge in [0.1, 0.15) is 0 Å². The van der Waals surface area contributed by atoms with Gasteiger partial charge in [-0.2, -0.15) is 0 Å². The minimum absolute atomic E-state index is 0.169. The fourth-order valence-corrected chi connectivity index (χ4v) is 1.08. The Balaban J connectivity index is 2.48. The molecule has 1 heterocycles. The van der Waals surface area contributed by atoms with Crippen LogP contribution in [0.3, 0.4) is 0 Å². The van der Waals surface area contributed by atoms with Gasteiger partial charge in [-0.3, -0.25) is 9.59 Å². The molecular formula is C6H10N2O2. The molecule has 1 aliphatic rings. The lowest BCUT2D eigenvalue weighted by Crippen LogP contribution is -2.31. The molecule has 1 atom stereocenters. The Morgan fingerprint density at radius 2 is 2.20 bits per heavy atom. The summed E-state index contributed by atoms with van der Waals surface area (Å²) in [5.41, 5.74) is 4.80. The number of hydrogen-bond donors (Lipinski definition) is 2. The number of nitrogens with one attached hydrogen (secondary N) is 1. The SMILES string of the molecule is NC(=O)C(=O)C1CCNC1. The van der Waals surface area contributed by atoms with Gasteiger partial charge < -0.3 is 11.1 Å². The third kappa shape index (κ3) is 1.33. The normalized spacial score (nSPS) is 24.6. The highest BCUT2D eigenvalue weighted by molar-refractivity contribution is 6.36. The molecule has 4 heteroatoms. The van der Waals surface area contributed by atoms with E-state index in [4.69, 9.17) is 5.73 Å². The molecule has 0 aromatic rings. The van der Waals surface area contributed by atoms with Crippen LogP contribution in [0.25, 0.3) is 0 Å². The van der Waals surface area contributed by atoms with E-state index in [2.05, 4.69) is 5.32 Å². The van der Waals surface area contributed by atoms with Gasteiger partial charge in [0.15, 0.2) is 0 Å². The van der Waals surface area contributed by atoms with Crippen molar-refractivity contribution >= 4 is 11.7 Å². The van der Waals surface area contributed by atoms with E-state index in [-0.39, 0.29) is 5.92 Å². The third-order valence-corrected chi connectivity index (χ3v) is 1.67. The molecule has 1 aliphatic heterocycles. The second-order valence-corrected chi connectivity index (χ2v) is 2.42. The van der Waals surface area contributed by atoms with Crippen LogP contribution in [-0.2, 0) is 9.59 Å². The van der Waals surface area contributed by atoms with E-state index in [0.29, 0.717) is 6.54 Å². The molecule has 3 N–H and O–H groups in total. The van der Waals surface area contributed by atoms with Gasteiger partial charge >= 0.3 is 0 Å². The van der Waals surface area contributed by atoms with Crippen LogP contribution < -0.4 is 11.1 Å². The molecule has 1 fully saturated rings. The zero-order chi connectivity index (χ0) is 7.56. The van der Waals surface area contributed by atoms with Crippen molar-refractivity contribution in [1.82, 2.24) is 5.32 Å². The van der Waals surface area contributed by atoms with E-state index < -0.39 is 11.7 Å². The summed E-state index contributed by atoms with van der Waals surface area (Å²) in [6.07, 6.45) is 0.738. The lowest BCUT2D eigenvalue weighted by molar-refractivity contribution is -0.138. The molecule has 0 aromatic carbocycles. The van der Waals surface area contributed by atoms with Crippen LogP contribution in [0.4, 0.5) is 0 Å². The van der Waals surface area contributed by atoms with Crippen LogP contribution in [0, 0.1) is 5.92 Å². The van der Waals surface area contributed by atoms with Crippen LogP contribution in [0.15, 0.2) is 0 Å². The molecular weight excluding hydrogens is 132 g/mol. The van der Waals surface area contributed by atoms with Gasteiger partial charge in [-0.15, -0.1) is 0 Å². The largest absolute Gasteiger partial charge is 0.363 e. The quantitative estimate of drug-likeness (QED) is 0.468. The van der Waals surface area contributed by atoms with Gasteiger partial charge in [0.25, 0.3) is 5.91 Å². The van der Waals surface area contributed by atoms with E-state index in [1.165, 1.54) is 0 Å². The first-order valence-corrected chi connectivity index (χ1v) is 3.26. The molecule has 10 heavy (non-hydrogen) atoms. The summed E-state index contributed by atoms with van der Waals surface area (Å²) in [6.45, 7) is 1.41. The molecule has 1 rings (SSSR count). The third-order valence-electron chi connectivity index (χ3n) is 1.67. The number of hydrogen-bond acceptors (Lipinski definition) is 3. The van der Waals surface area contributed by atoms with Gasteiger partial charge in [-0.25, -0.2) is 0 Å². The summed E-state index contributed by atoms with van der Waals surface area (Å²) in [4.78, 5) is 21.2. The van der Waals surface area contributed by atoms with Crippen LogP contribution in [0.1, 0.15) is 6.42 Å². The molecule has 56 valence electrons. The molecule has 1 saturated heterocycles. The lowest BCUT2D eigenvalue weighted by Gasteiger charge is -2.00. The summed E-state index contributed by atoms with van der Waals surface area (Å²) in [5, 5.41) is 2.98. The standard InChI is InChI=1S/C6H10N2O2/c7-6(10)5(9)4-1-2-8-3-4/h4,8H,1-3H2,(H2,7,10). The Morgan fingerprint density at radius 3 is 2.60 bits per heavy atom. The Labute approximate surface area is 58.8 Å². The van der Waals surface area contributed by atoms with E-state index >= 15 is 0 Å². The van der Waals surface area contributed by atoms with E-state index in [9.17, 15) is 9.59 Å². The first-order chi connectivity index (χ1) is 4.72. The van der Waals surface area contributed by atoms with Gasteiger partial charge in [0.05, 0.1) is 0 Å². The van der Waals surface area contributed by atoms with Crippen LogP contribution in [0.2, 0.25) is 0 Å². The zero-order valence-corrected chi connectivity index (χ0v) is 5.59. The Morgan fingerprint density at radius 1 is 1.50 bits per heavy atom. The number of nitrogens with two attached hydrogens (primary N) is 1. The second-order valence-electron chi connectivity index (χ2n) is 2.42. The molecule has 1 amide bonds. The molecule has 0 aromatic heterocycles. The van der Waals surface area contributed by atoms with Crippen molar-refractivity contribution in [3.8, 4) is 0 Å². The average Bonchev–Trinajstić information content (AvgIpc) is 2.36. The summed E-state index contributed by atoms with van der Waals surface area (Å²) in [7, 11) is 0. The number of Topliss-reactive ketones (excluding diaryl/α,β-unsaturated/α-hetero) is 1. The molecule has 4 nitrogen and oxygen atoms in total. The van der Waals surface area contributed by atoms with Crippen molar-refractivity contribution in [2.75, 3.05) is 13.1 Å². The summed E-state index contributed by atoms with van der Waals surface area (Å²) < 4.78 is 0. The van der Waals surface area contributed by atoms with Gasteiger partial charge in [-0.05, 0) is 13.0 Å². The highest BCUT2D eigenvalue weighted by Gasteiger charge is 2.25. The predicted octanol–water partition coefficient (Wildman–Crippen LogP) is -1.35. The number of amides is 1. The molecule has 0 spiro atoms. The predicted molar refractivity (Wildman–Crippen MR) is 35.2 cm³/mol. The van der Waals surface area contributed by atoms with E-state index in [1.54, 1.807) is 0 Å². The van der Waals surface area contributed by atoms with E-state index in [0.717, 1.165) is 13.0 Å². The van der Waals surface area contributed by atoms with Crippen molar-refractivity contribution in [3.05, 3.63) is 0 Å². The van der Waals surface area contributed by atoms with Gasteiger partial charge in [-0.1, -0.05) is 0 Å². The number of rotatable bonds is 2. The zero-order valence-electron chi connectivity index (χ0n) is 5.59. The number of primary amides is 1. The summed E-state index contributed by atoms with van der Waals surface area (Å²) in [6, 6.07) is 0. The minimum atomic E-state index is -0.811. The van der Waals surface area contributed by atoms with Gasteiger partial charge in [0, 0.05) is 12.5 Å². The molecule has 0 radical (unpaired) electrons. The minimum Gasteiger partial charge on any atom is -0.363 e. The van der Waals surface area contributed by atoms with Crippen molar-refractivity contribution in [2.45, 2.75) is 6.42 Å². The first kappa shape index (κ1) is 7.21. The number of carbonyl (C=O) groups excluding carboxylic acids is 2. The maximum absolute atomic E-state index is 10.8. The van der Waals surface area contributed by atoms with Crippen LogP contribution in [0.5, 0.6) is 0 Å². The smallest absolute Gasteiger partial charge is 0.285 e. The number of ketones is 1. The molecule has 0 saturated carbocycles. The van der Waals surface area contributed by atoms with Crippen LogP contribution >= 0.6 is 0 Å². The van der Waals surface area contributed by atoms with Crippen molar-refractivity contribution in [1.29, 1.82) is 0 Å². The van der Waals surface area contributed by atoms with E-state index in [1.807, 2.05) is 0 Å². The highest BCUT2D eigenvalue weighted by atomic mass is 16.2. The van der Waals surface area contributed by atoms with Gasteiger partial charge in [0.2, 0.25) is 5.78 Å². The number of carbonyl (C=O) groups is 2. The van der Waals surface area contributed by atoms with Crippen LogP contribution in [-0.4, -0.2) is 24.8 Å². The Bertz CT molecular complexity index is 161. The Hall–Kier alpha value is -0.900. The van der Waals surface area contributed by atoms with Crippen molar-refractivity contribution in [3.63, 3.8) is 0 Å². The molecule has 0 aliphatic carbocycles. The molecule has 1 unspecified atom stereocenters. The fourth-order valence-electron chi connectivity index (χ4n) is 1.08. The summed E-state index contributed by atoms with van der Waals surface area (Å²) in [5.74, 6) is -1.42. The van der Waals surface area contributed by atoms with Crippen molar-refractivity contribution in [2.24, 2.45) is 11.7 Å². The lowest BCUT2D eigenvalue weighted by atomic mass is 10.0. The highest BCUT2D eigenvalue weighted by Crippen LogP contribution is 2.07. The monoisotopic (exact) mass is 142 g/mol. The summed E-state index contributed by atoms with van der Waals surface area (Å²) >= 11 is 0. The topological polar surface area (TPSA) is 72.2 Å². The van der Waals surface area contributed by atoms with Crippen molar-refractivity contribution < 1.29 is 9.59 Å². The maximum atomic E-state index is 10.8. The average molecular weight is 142 g/mol. The second kappa shape index (κ2) is 2.79. The Kier molecular flexibility index (Phi) is 2.01. The fraction of sp³-hybridized carbons (Fsp3) is 0.667. The first-order valence-electron chi connectivity index (χ1n) is 3.26. The molecule has 0 bridgehead atoms. The maximum Gasteiger partial charge on any atom is 0.285 e.